The monoisotopic (exact) mass is 277 g/mol. The number of H-pyrrole nitrogens is 1. The molecule has 0 amide bonds. The molecule has 2 aromatic heterocycles. The number of fused-ring (bicyclic) bond motifs is 1. The van der Waals surface area contributed by atoms with Crippen LogP contribution in [0, 0.1) is 5.92 Å². The highest BCUT2D eigenvalue weighted by molar-refractivity contribution is 5.70. The first-order chi connectivity index (χ1) is 9.52. The molecule has 0 saturated heterocycles. The fourth-order valence-corrected chi connectivity index (χ4v) is 2.74. The molecule has 8 heteroatoms. The number of aliphatic hydroxyl groups is 2. The van der Waals surface area contributed by atoms with Gasteiger partial charge in [-0.15, -0.1) is 0 Å². The average Bonchev–Trinajstić information content (AvgIpc) is 2.91. The second kappa shape index (κ2) is 4.43. The van der Waals surface area contributed by atoms with Crippen molar-refractivity contribution in [1.82, 2.24) is 19.5 Å². The van der Waals surface area contributed by atoms with Gasteiger partial charge in [-0.2, -0.15) is 4.98 Å². The minimum Gasteiger partial charge on any atom is -0.396 e. The van der Waals surface area contributed by atoms with Gasteiger partial charge in [0.1, 0.15) is 0 Å². The summed E-state index contributed by atoms with van der Waals surface area (Å²) in [5, 5.41) is 19.2. The molecule has 8 nitrogen and oxygen atoms in total. The van der Waals surface area contributed by atoms with Crippen LogP contribution in [0.3, 0.4) is 0 Å². The van der Waals surface area contributed by atoms with Gasteiger partial charge in [0.05, 0.1) is 25.1 Å². The number of nitrogen functional groups attached to an aromatic ring is 1. The zero-order valence-electron chi connectivity index (χ0n) is 10.7. The van der Waals surface area contributed by atoms with Gasteiger partial charge < -0.3 is 20.5 Å². The van der Waals surface area contributed by atoms with Crippen molar-refractivity contribution in [3.05, 3.63) is 28.8 Å². The Kier molecular flexibility index (Phi) is 2.84. The maximum absolute atomic E-state index is 11.7. The Hall–Kier alpha value is -2.19. The number of imidazole rings is 1. The van der Waals surface area contributed by atoms with Crippen LogP contribution < -0.4 is 11.3 Å². The van der Waals surface area contributed by atoms with E-state index in [-0.39, 0.29) is 30.0 Å². The van der Waals surface area contributed by atoms with Gasteiger partial charge in [0, 0.05) is 5.92 Å². The summed E-state index contributed by atoms with van der Waals surface area (Å²) >= 11 is 0. The van der Waals surface area contributed by atoms with Gasteiger partial charge in [0.25, 0.3) is 5.56 Å². The van der Waals surface area contributed by atoms with E-state index in [1.807, 2.05) is 0 Å². The number of hydrogen-bond donors (Lipinski definition) is 4. The normalized spacial score (nSPS) is 26.5. The molecule has 0 aliphatic heterocycles. The van der Waals surface area contributed by atoms with Crippen molar-refractivity contribution in [2.45, 2.75) is 18.6 Å². The van der Waals surface area contributed by atoms with E-state index >= 15 is 0 Å². The summed E-state index contributed by atoms with van der Waals surface area (Å²) in [7, 11) is 0. The van der Waals surface area contributed by atoms with E-state index in [9.17, 15) is 15.0 Å². The summed E-state index contributed by atoms with van der Waals surface area (Å²) in [4.78, 5) is 22.2. The van der Waals surface area contributed by atoms with Crippen LogP contribution in [0.15, 0.2) is 23.3 Å². The maximum Gasteiger partial charge on any atom is 0.280 e. The lowest BCUT2D eigenvalue weighted by Gasteiger charge is -2.15. The summed E-state index contributed by atoms with van der Waals surface area (Å²) in [6.45, 7) is 3.76. The van der Waals surface area contributed by atoms with E-state index in [4.69, 9.17) is 5.73 Å². The molecule has 106 valence electrons. The van der Waals surface area contributed by atoms with Crippen LogP contribution >= 0.6 is 0 Å². The van der Waals surface area contributed by atoms with Crippen molar-refractivity contribution in [3.63, 3.8) is 0 Å². The molecule has 20 heavy (non-hydrogen) atoms. The number of aromatic nitrogens is 4. The first-order valence-corrected chi connectivity index (χ1v) is 6.23. The first-order valence-electron chi connectivity index (χ1n) is 6.23. The smallest absolute Gasteiger partial charge is 0.280 e. The van der Waals surface area contributed by atoms with Crippen LogP contribution in [0.2, 0.25) is 0 Å². The van der Waals surface area contributed by atoms with Crippen LogP contribution in [0.4, 0.5) is 5.95 Å². The van der Waals surface area contributed by atoms with Crippen molar-refractivity contribution in [2.75, 3.05) is 12.3 Å². The Morgan fingerprint density at radius 3 is 3.00 bits per heavy atom. The Bertz CT molecular complexity index is 734. The molecule has 2 aromatic rings. The Labute approximate surface area is 113 Å². The van der Waals surface area contributed by atoms with Gasteiger partial charge in [0.15, 0.2) is 11.2 Å². The van der Waals surface area contributed by atoms with Crippen molar-refractivity contribution in [3.8, 4) is 0 Å². The van der Waals surface area contributed by atoms with Gasteiger partial charge in [-0.3, -0.25) is 9.78 Å². The van der Waals surface area contributed by atoms with Gasteiger partial charge in [0.2, 0.25) is 5.95 Å². The molecule has 1 aliphatic rings. The topological polar surface area (TPSA) is 130 Å². The van der Waals surface area contributed by atoms with Gasteiger partial charge in [-0.25, -0.2) is 4.98 Å². The van der Waals surface area contributed by atoms with E-state index in [0.717, 1.165) is 0 Å². The molecule has 0 spiro atoms. The SMILES string of the molecule is C=C1[C@@H](CO)[C@@H](O)C[C@@H]1n1cnc2c(=O)[nH]c(N)nc21. The molecule has 1 fully saturated rings. The minimum absolute atomic E-state index is 0.00659. The van der Waals surface area contributed by atoms with E-state index in [1.54, 1.807) is 4.57 Å². The fraction of sp³-hybridized carbons (Fsp3) is 0.417. The lowest BCUT2D eigenvalue weighted by atomic mass is 10.0. The molecule has 0 aromatic carbocycles. The number of anilines is 1. The van der Waals surface area contributed by atoms with Crippen LogP contribution in [-0.4, -0.2) is 42.4 Å². The maximum atomic E-state index is 11.7. The average molecular weight is 277 g/mol. The van der Waals surface area contributed by atoms with E-state index in [0.29, 0.717) is 17.6 Å². The lowest BCUT2D eigenvalue weighted by Crippen LogP contribution is -2.17. The standard InChI is InChI=1S/C12H15N5O3/c1-5-6(3-18)8(19)2-7(5)17-4-14-9-10(17)15-12(13)16-11(9)20/h4,6-8,18-19H,1-3H2,(H3,13,15,16,20)/t6-,7+,8+/m1/s1. The molecule has 3 atom stereocenters. The third-order valence-electron chi connectivity index (χ3n) is 3.82. The molecule has 1 aliphatic carbocycles. The van der Waals surface area contributed by atoms with E-state index in [1.165, 1.54) is 6.33 Å². The highest BCUT2D eigenvalue weighted by Gasteiger charge is 2.37. The van der Waals surface area contributed by atoms with Crippen LogP contribution in [-0.2, 0) is 0 Å². The number of rotatable bonds is 2. The largest absolute Gasteiger partial charge is 0.396 e. The third kappa shape index (κ3) is 1.73. The molecule has 1 saturated carbocycles. The second-order valence-electron chi connectivity index (χ2n) is 4.96. The molecule has 2 heterocycles. The summed E-state index contributed by atoms with van der Waals surface area (Å²) in [5.41, 5.74) is 6.37. The molecular weight excluding hydrogens is 262 g/mol. The van der Waals surface area contributed by atoms with Crippen molar-refractivity contribution in [1.29, 1.82) is 0 Å². The van der Waals surface area contributed by atoms with Crippen LogP contribution in [0.25, 0.3) is 11.2 Å². The van der Waals surface area contributed by atoms with E-state index in [2.05, 4.69) is 21.5 Å². The molecule has 5 N–H and O–H groups in total. The fourth-order valence-electron chi connectivity index (χ4n) is 2.74. The zero-order chi connectivity index (χ0) is 14.4. The van der Waals surface area contributed by atoms with Gasteiger partial charge in [-0.05, 0) is 12.0 Å². The first kappa shape index (κ1) is 12.8. The number of hydrogen-bond acceptors (Lipinski definition) is 6. The zero-order valence-corrected chi connectivity index (χ0v) is 10.7. The number of nitrogens with one attached hydrogen (secondary N) is 1. The van der Waals surface area contributed by atoms with Crippen LogP contribution in [0.1, 0.15) is 12.5 Å². The molecule has 0 radical (unpaired) electrons. The van der Waals surface area contributed by atoms with Crippen molar-refractivity contribution in [2.24, 2.45) is 5.92 Å². The Balaban J connectivity index is 2.12. The summed E-state index contributed by atoms with van der Waals surface area (Å²) in [5.74, 6) is -0.371. The minimum atomic E-state index is -0.672. The molecular formula is C12H15N5O3. The number of nitrogens with two attached hydrogens (primary N) is 1. The summed E-state index contributed by atoms with van der Waals surface area (Å²) in [6.07, 6.45) is 1.20. The van der Waals surface area contributed by atoms with Gasteiger partial charge >= 0.3 is 0 Å². The predicted molar refractivity (Wildman–Crippen MR) is 71.9 cm³/mol. The predicted octanol–water partition coefficient (Wildman–Crippen LogP) is -0.828. The Morgan fingerprint density at radius 2 is 2.35 bits per heavy atom. The summed E-state index contributed by atoms with van der Waals surface area (Å²) in [6, 6.07) is -0.263. The van der Waals surface area contributed by atoms with Crippen molar-refractivity contribution >= 4 is 17.1 Å². The Morgan fingerprint density at radius 1 is 1.60 bits per heavy atom. The highest BCUT2D eigenvalue weighted by atomic mass is 16.3. The molecule has 0 bridgehead atoms. The van der Waals surface area contributed by atoms with E-state index < -0.39 is 11.7 Å². The lowest BCUT2D eigenvalue weighted by molar-refractivity contribution is 0.101. The molecule has 3 rings (SSSR count). The number of nitrogens with zero attached hydrogens (tertiary/aromatic N) is 3. The third-order valence-corrected chi connectivity index (χ3v) is 3.82. The van der Waals surface area contributed by atoms with Crippen LogP contribution in [0.5, 0.6) is 0 Å². The summed E-state index contributed by atoms with van der Waals surface area (Å²) < 4.78 is 1.67. The number of aliphatic hydroxyl groups excluding tert-OH is 2. The van der Waals surface area contributed by atoms with Gasteiger partial charge in [-0.1, -0.05) is 6.58 Å². The number of aromatic amines is 1. The molecule has 0 unspecified atom stereocenters. The quantitative estimate of drug-likeness (QED) is 0.530. The van der Waals surface area contributed by atoms with Crippen molar-refractivity contribution < 1.29 is 10.2 Å². The highest BCUT2D eigenvalue weighted by Crippen LogP contribution is 2.39. The second-order valence-corrected chi connectivity index (χ2v) is 4.96.